The van der Waals surface area contributed by atoms with Gasteiger partial charge < -0.3 is 19.5 Å². The fourth-order valence-electron chi connectivity index (χ4n) is 4.93. The highest BCUT2D eigenvalue weighted by Crippen LogP contribution is 2.35. The van der Waals surface area contributed by atoms with Gasteiger partial charge in [-0.25, -0.2) is 4.79 Å². The Bertz CT molecular complexity index is 1270. The van der Waals surface area contributed by atoms with Crippen LogP contribution >= 0.6 is 11.3 Å². The first-order valence-electron chi connectivity index (χ1n) is 13.0. The average molecular weight is 551 g/mol. The summed E-state index contributed by atoms with van der Waals surface area (Å²) in [5.41, 5.74) is 1.42. The number of nitrogens with one attached hydrogen (secondary N) is 1. The predicted molar refractivity (Wildman–Crippen MR) is 151 cm³/mol. The largest absolute Gasteiger partial charge is 0.493 e. The molecule has 1 N–H and O–H groups in total. The van der Waals surface area contributed by atoms with Gasteiger partial charge in [0.05, 0.1) is 33.3 Å². The maximum atomic E-state index is 14.1. The third kappa shape index (κ3) is 6.78. The zero-order valence-electron chi connectivity index (χ0n) is 22.5. The quantitative estimate of drug-likeness (QED) is 0.344. The van der Waals surface area contributed by atoms with E-state index in [1.165, 1.54) is 30.5 Å². The zero-order chi connectivity index (χ0) is 27.8. The highest BCUT2D eigenvalue weighted by Gasteiger charge is 2.35. The zero-order valence-corrected chi connectivity index (χ0v) is 23.3. The normalized spacial score (nSPS) is 14.2. The number of benzene rings is 2. The average Bonchev–Trinajstić information content (AvgIpc) is 3.48. The van der Waals surface area contributed by atoms with Crippen LogP contribution in [0.5, 0.6) is 11.5 Å². The molecule has 0 saturated heterocycles. The topological polar surface area (TPSA) is 94.2 Å². The third-order valence-electron chi connectivity index (χ3n) is 6.92. The van der Waals surface area contributed by atoms with Gasteiger partial charge in [0.15, 0.2) is 11.5 Å². The van der Waals surface area contributed by atoms with Gasteiger partial charge in [0.1, 0.15) is 6.04 Å². The lowest BCUT2D eigenvalue weighted by atomic mass is 9.94. The van der Waals surface area contributed by atoms with E-state index in [4.69, 9.17) is 14.2 Å². The van der Waals surface area contributed by atoms with Gasteiger partial charge in [-0.1, -0.05) is 31.4 Å². The van der Waals surface area contributed by atoms with Crippen LogP contribution in [0.3, 0.4) is 0 Å². The molecule has 8 nitrogen and oxygen atoms in total. The van der Waals surface area contributed by atoms with Crippen LogP contribution in [-0.2, 0) is 20.7 Å². The molecule has 1 saturated carbocycles. The van der Waals surface area contributed by atoms with Gasteiger partial charge in [-0.15, -0.1) is 11.3 Å². The number of thiophene rings is 1. The Kier molecular flexibility index (Phi) is 9.59. The molecule has 0 spiro atoms. The highest BCUT2D eigenvalue weighted by atomic mass is 32.1. The second-order valence-electron chi connectivity index (χ2n) is 9.42. The summed E-state index contributed by atoms with van der Waals surface area (Å²) in [5.74, 6) is -0.0271. The van der Waals surface area contributed by atoms with Crippen molar-refractivity contribution >= 4 is 34.8 Å². The number of amides is 2. The van der Waals surface area contributed by atoms with Gasteiger partial charge in [-0.2, -0.15) is 0 Å². The lowest BCUT2D eigenvalue weighted by Crippen LogP contribution is -2.47. The first-order chi connectivity index (χ1) is 18.9. The minimum atomic E-state index is -0.983. The summed E-state index contributed by atoms with van der Waals surface area (Å²) >= 11 is 1.48. The van der Waals surface area contributed by atoms with Crippen molar-refractivity contribution in [3.8, 4) is 11.5 Å². The van der Waals surface area contributed by atoms with E-state index in [-0.39, 0.29) is 24.3 Å². The number of esters is 1. The van der Waals surface area contributed by atoms with Crippen molar-refractivity contribution in [1.29, 1.82) is 0 Å². The van der Waals surface area contributed by atoms with E-state index in [0.717, 1.165) is 37.0 Å². The molecule has 1 aliphatic carbocycles. The van der Waals surface area contributed by atoms with Crippen LogP contribution < -0.4 is 19.7 Å². The molecule has 4 rings (SSSR count). The van der Waals surface area contributed by atoms with Crippen molar-refractivity contribution in [2.24, 2.45) is 0 Å². The van der Waals surface area contributed by atoms with E-state index in [2.05, 4.69) is 5.32 Å². The number of carbonyl (C=O) groups is 3. The fraction of sp³-hybridized carbons (Fsp3) is 0.367. The first kappa shape index (κ1) is 28.2. The van der Waals surface area contributed by atoms with Gasteiger partial charge >= 0.3 is 5.97 Å². The van der Waals surface area contributed by atoms with E-state index >= 15 is 0 Å². The summed E-state index contributed by atoms with van der Waals surface area (Å²) in [7, 11) is 4.39. The van der Waals surface area contributed by atoms with Crippen LogP contribution in [0, 0.1) is 0 Å². The van der Waals surface area contributed by atoms with Crippen LogP contribution in [-0.4, -0.2) is 45.2 Å². The van der Waals surface area contributed by atoms with Gasteiger partial charge in [0, 0.05) is 16.6 Å². The van der Waals surface area contributed by atoms with Crippen molar-refractivity contribution in [2.45, 2.75) is 50.6 Å². The monoisotopic (exact) mass is 550 g/mol. The van der Waals surface area contributed by atoms with Gasteiger partial charge in [-0.3, -0.25) is 14.5 Å². The molecule has 1 heterocycles. The minimum Gasteiger partial charge on any atom is -0.493 e. The maximum Gasteiger partial charge on any atom is 0.337 e. The van der Waals surface area contributed by atoms with Crippen molar-refractivity contribution in [3.63, 3.8) is 0 Å². The Labute approximate surface area is 232 Å². The van der Waals surface area contributed by atoms with Crippen molar-refractivity contribution in [3.05, 3.63) is 76.0 Å². The predicted octanol–water partition coefficient (Wildman–Crippen LogP) is 5.32. The number of anilines is 1. The number of hydrogen-bond acceptors (Lipinski definition) is 7. The van der Waals surface area contributed by atoms with Crippen LogP contribution in [0.1, 0.15) is 58.9 Å². The van der Waals surface area contributed by atoms with Gasteiger partial charge in [0.25, 0.3) is 0 Å². The summed E-state index contributed by atoms with van der Waals surface area (Å²) in [6.45, 7) is 0. The summed E-state index contributed by atoms with van der Waals surface area (Å²) in [6, 6.07) is 14.6. The summed E-state index contributed by atoms with van der Waals surface area (Å²) in [6.07, 6.45) is 5.20. The Morgan fingerprint density at radius 1 is 0.949 bits per heavy atom. The molecule has 1 aromatic heterocycles. The number of carbonyl (C=O) groups excluding carboxylic acids is 3. The molecule has 1 atom stereocenters. The molecule has 3 aromatic rings. The molecular formula is C30H34N2O6S. The number of methoxy groups -OCH3 is 3. The summed E-state index contributed by atoms with van der Waals surface area (Å²) < 4.78 is 15.8. The SMILES string of the molecule is COC(=O)c1ccc(N(C(=O)Cc2cccs2)[C@H](C(=O)NC2CCCCC2)c2ccc(OC)c(OC)c2)cc1. The molecule has 2 aromatic carbocycles. The molecule has 9 heteroatoms. The lowest BCUT2D eigenvalue weighted by molar-refractivity contribution is -0.127. The van der Waals surface area contributed by atoms with Crippen LogP contribution in [0.25, 0.3) is 0 Å². The molecular weight excluding hydrogens is 516 g/mol. The Balaban J connectivity index is 1.80. The Morgan fingerprint density at radius 2 is 1.67 bits per heavy atom. The van der Waals surface area contributed by atoms with Crippen molar-refractivity contribution in [1.82, 2.24) is 5.32 Å². The van der Waals surface area contributed by atoms with Crippen LogP contribution in [0.15, 0.2) is 60.0 Å². The molecule has 0 aliphatic heterocycles. The van der Waals surface area contributed by atoms with E-state index < -0.39 is 12.0 Å². The minimum absolute atomic E-state index is 0.0462. The second-order valence-corrected chi connectivity index (χ2v) is 10.5. The number of ether oxygens (including phenoxy) is 3. The molecule has 0 unspecified atom stereocenters. The van der Waals surface area contributed by atoms with Gasteiger partial charge in [-0.05, 0) is 66.2 Å². The molecule has 1 fully saturated rings. The Hall–Kier alpha value is -3.85. The second kappa shape index (κ2) is 13.3. The molecule has 1 aliphatic rings. The van der Waals surface area contributed by atoms with E-state index in [9.17, 15) is 14.4 Å². The smallest absolute Gasteiger partial charge is 0.337 e. The van der Waals surface area contributed by atoms with Crippen molar-refractivity contribution < 1.29 is 28.6 Å². The van der Waals surface area contributed by atoms with Gasteiger partial charge in [0.2, 0.25) is 11.8 Å². The first-order valence-corrected chi connectivity index (χ1v) is 13.9. The highest BCUT2D eigenvalue weighted by molar-refractivity contribution is 7.10. The van der Waals surface area contributed by atoms with Crippen LogP contribution in [0.2, 0.25) is 0 Å². The molecule has 0 radical (unpaired) electrons. The summed E-state index contributed by atoms with van der Waals surface area (Å²) in [5, 5.41) is 5.13. The number of hydrogen-bond donors (Lipinski definition) is 1. The fourth-order valence-corrected chi connectivity index (χ4v) is 5.62. The standard InChI is InChI=1S/C30H34N2O6S/c1-36-25-16-13-21(18-26(25)37-2)28(29(34)31-22-8-5-4-6-9-22)32(27(33)19-24-10-7-17-39-24)23-14-11-20(12-15-23)30(35)38-3/h7,10-18,22,28H,4-6,8-9,19H2,1-3H3,(H,31,34)/t28-/m0/s1. The van der Waals surface area contributed by atoms with E-state index in [0.29, 0.717) is 28.3 Å². The lowest BCUT2D eigenvalue weighted by Gasteiger charge is -2.34. The molecule has 0 bridgehead atoms. The number of rotatable bonds is 10. The van der Waals surface area contributed by atoms with Crippen molar-refractivity contribution in [2.75, 3.05) is 26.2 Å². The van der Waals surface area contributed by atoms with Crippen LogP contribution in [0.4, 0.5) is 5.69 Å². The molecule has 39 heavy (non-hydrogen) atoms. The number of nitrogens with zero attached hydrogens (tertiary/aromatic N) is 1. The third-order valence-corrected chi connectivity index (χ3v) is 7.80. The molecule has 206 valence electrons. The Morgan fingerprint density at radius 3 is 2.28 bits per heavy atom. The maximum absolute atomic E-state index is 14.1. The summed E-state index contributed by atoms with van der Waals surface area (Å²) in [4.78, 5) is 42.5. The van der Waals surface area contributed by atoms with E-state index in [1.54, 1.807) is 49.6 Å². The van der Waals surface area contributed by atoms with E-state index in [1.807, 2.05) is 17.5 Å². The molecule has 2 amide bonds.